The van der Waals surface area contributed by atoms with Gasteiger partial charge in [0.2, 0.25) is 5.91 Å². The van der Waals surface area contributed by atoms with Crippen LogP contribution < -0.4 is 4.90 Å². The van der Waals surface area contributed by atoms with Crippen molar-refractivity contribution in [3.05, 3.63) is 58.3 Å². The fourth-order valence-electron chi connectivity index (χ4n) is 2.12. The van der Waals surface area contributed by atoms with Crippen molar-refractivity contribution in [1.82, 2.24) is 4.98 Å². The second kappa shape index (κ2) is 5.64. The number of aromatic nitrogens is 1. The number of pyridine rings is 1. The van der Waals surface area contributed by atoms with Gasteiger partial charge in [0.1, 0.15) is 5.37 Å². The highest BCUT2D eigenvalue weighted by molar-refractivity contribution is 8.00. The molecule has 0 saturated carbocycles. The van der Waals surface area contributed by atoms with Crippen molar-refractivity contribution in [1.29, 1.82) is 0 Å². The predicted octanol–water partition coefficient (Wildman–Crippen LogP) is 4.17. The molecular weight excluding hydrogens is 315 g/mol. The van der Waals surface area contributed by atoms with Gasteiger partial charge in [-0.05, 0) is 30.3 Å². The van der Waals surface area contributed by atoms with Crippen LogP contribution in [0, 0.1) is 0 Å². The van der Waals surface area contributed by atoms with Crippen LogP contribution in [0.25, 0.3) is 0 Å². The van der Waals surface area contributed by atoms with Gasteiger partial charge >= 0.3 is 0 Å². The highest BCUT2D eigenvalue weighted by atomic mass is 35.5. The molecule has 1 amide bonds. The van der Waals surface area contributed by atoms with E-state index in [4.69, 9.17) is 23.2 Å². The Kier molecular flexibility index (Phi) is 3.87. The Morgan fingerprint density at radius 2 is 1.95 bits per heavy atom. The van der Waals surface area contributed by atoms with E-state index in [0.29, 0.717) is 21.5 Å². The van der Waals surface area contributed by atoms with Crippen LogP contribution in [0.3, 0.4) is 0 Å². The number of amides is 1. The summed E-state index contributed by atoms with van der Waals surface area (Å²) < 4.78 is 0. The molecule has 1 saturated heterocycles. The Morgan fingerprint density at radius 1 is 1.20 bits per heavy atom. The molecule has 0 bridgehead atoms. The molecule has 0 spiro atoms. The monoisotopic (exact) mass is 324 g/mol. The number of nitrogens with zero attached hydrogens (tertiary/aromatic N) is 2. The number of rotatable bonds is 2. The second-order valence-corrected chi connectivity index (χ2v) is 6.25. The minimum atomic E-state index is -0.141. The largest absolute Gasteiger partial charge is 0.293 e. The van der Waals surface area contributed by atoms with E-state index in [1.165, 1.54) is 0 Å². The van der Waals surface area contributed by atoms with Gasteiger partial charge in [0.05, 0.1) is 11.4 Å². The van der Waals surface area contributed by atoms with Crippen LogP contribution in [-0.4, -0.2) is 16.6 Å². The van der Waals surface area contributed by atoms with Gasteiger partial charge in [0.25, 0.3) is 0 Å². The van der Waals surface area contributed by atoms with Crippen LogP contribution in [0.2, 0.25) is 10.0 Å². The zero-order chi connectivity index (χ0) is 14.1. The standard InChI is InChI=1S/C14H10Cl2N2OS/c15-9-5-10(16)7-11(6-9)18-13(19)8-20-14(18)12-3-1-2-4-17-12/h1-7,14H,8H2. The van der Waals surface area contributed by atoms with Crippen molar-refractivity contribution in [2.24, 2.45) is 0 Å². The van der Waals surface area contributed by atoms with Crippen molar-refractivity contribution in [3.8, 4) is 0 Å². The first kappa shape index (κ1) is 13.7. The molecule has 1 aromatic heterocycles. The van der Waals surface area contributed by atoms with E-state index in [2.05, 4.69) is 4.98 Å². The third-order valence-electron chi connectivity index (χ3n) is 2.93. The van der Waals surface area contributed by atoms with Crippen molar-refractivity contribution in [2.45, 2.75) is 5.37 Å². The van der Waals surface area contributed by atoms with Gasteiger partial charge in [0.15, 0.2) is 0 Å². The highest BCUT2D eigenvalue weighted by Crippen LogP contribution is 2.42. The lowest BCUT2D eigenvalue weighted by Gasteiger charge is -2.23. The maximum atomic E-state index is 12.2. The maximum Gasteiger partial charge on any atom is 0.238 e. The number of benzene rings is 1. The normalized spacial score (nSPS) is 18.6. The Bertz CT molecular complexity index is 631. The molecule has 1 aliphatic heterocycles. The van der Waals surface area contributed by atoms with Gasteiger partial charge in [0, 0.05) is 21.9 Å². The van der Waals surface area contributed by atoms with Crippen molar-refractivity contribution in [3.63, 3.8) is 0 Å². The SMILES string of the molecule is O=C1CSC(c2ccccn2)N1c1cc(Cl)cc(Cl)c1. The fraction of sp³-hybridized carbons (Fsp3) is 0.143. The second-order valence-electron chi connectivity index (χ2n) is 4.31. The molecule has 0 N–H and O–H groups in total. The zero-order valence-electron chi connectivity index (χ0n) is 10.3. The van der Waals surface area contributed by atoms with Crippen molar-refractivity contribution < 1.29 is 4.79 Å². The Morgan fingerprint density at radius 3 is 2.60 bits per heavy atom. The number of hydrogen-bond donors (Lipinski definition) is 0. The fourth-order valence-corrected chi connectivity index (χ4v) is 3.78. The number of halogens is 2. The quantitative estimate of drug-likeness (QED) is 0.831. The first-order chi connectivity index (χ1) is 9.65. The summed E-state index contributed by atoms with van der Waals surface area (Å²) in [5.41, 5.74) is 1.55. The molecule has 0 aliphatic carbocycles. The predicted molar refractivity (Wildman–Crippen MR) is 83.4 cm³/mol. The summed E-state index contributed by atoms with van der Waals surface area (Å²) in [7, 11) is 0. The maximum absolute atomic E-state index is 12.2. The molecule has 1 aliphatic rings. The molecule has 2 heterocycles. The zero-order valence-corrected chi connectivity index (χ0v) is 12.6. The molecule has 3 nitrogen and oxygen atoms in total. The van der Waals surface area contributed by atoms with Gasteiger partial charge in [-0.3, -0.25) is 14.7 Å². The first-order valence-electron chi connectivity index (χ1n) is 5.96. The number of thioether (sulfide) groups is 1. The Labute approximate surface area is 130 Å². The number of carbonyl (C=O) groups is 1. The van der Waals surface area contributed by atoms with Gasteiger partial charge < -0.3 is 0 Å². The lowest BCUT2D eigenvalue weighted by Crippen LogP contribution is -2.28. The highest BCUT2D eigenvalue weighted by Gasteiger charge is 2.35. The molecule has 1 fully saturated rings. The van der Waals surface area contributed by atoms with E-state index in [1.54, 1.807) is 41.1 Å². The molecular formula is C14H10Cl2N2OS. The average molecular weight is 325 g/mol. The molecule has 2 aromatic rings. The number of hydrogen-bond acceptors (Lipinski definition) is 3. The van der Waals surface area contributed by atoms with Gasteiger partial charge in [-0.1, -0.05) is 29.3 Å². The van der Waals surface area contributed by atoms with Crippen LogP contribution in [-0.2, 0) is 4.79 Å². The first-order valence-corrected chi connectivity index (χ1v) is 7.76. The molecule has 1 aromatic carbocycles. The Balaban J connectivity index is 2.02. The summed E-state index contributed by atoms with van der Waals surface area (Å²) >= 11 is 13.6. The molecule has 6 heteroatoms. The third-order valence-corrected chi connectivity index (χ3v) is 4.55. The molecule has 1 unspecified atom stereocenters. The summed E-state index contributed by atoms with van der Waals surface area (Å²) in [6.45, 7) is 0. The van der Waals surface area contributed by atoms with Crippen LogP contribution in [0.15, 0.2) is 42.6 Å². The lowest BCUT2D eigenvalue weighted by molar-refractivity contribution is -0.115. The Hall–Kier alpha value is -1.23. The van der Waals surface area contributed by atoms with E-state index < -0.39 is 0 Å². The molecule has 102 valence electrons. The van der Waals surface area contributed by atoms with Gasteiger partial charge in [-0.25, -0.2) is 0 Å². The molecule has 0 radical (unpaired) electrons. The summed E-state index contributed by atoms with van der Waals surface area (Å²) in [6.07, 6.45) is 1.72. The molecule has 1 atom stereocenters. The summed E-state index contributed by atoms with van der Waals surface area (Å²) in [5, 5.41) is 0.882. The lowest BCUT2D eigenvalue weighted by atomic mass is 10.2. The summed E-state index contributed by atoms with van der Waals surface area (Å²) in [4.78, 5) is 18.2. The van der Waals surface area contributed by atoms with Gasteiger partial charge in [-0.2, -0.15) is 0 Å². The third kappa shape index (κ3) is 2.64. The van der Waals surface area contributed by atoms with Crippen LogP contribution in [0.1, 0.15) is 11.1 Å². The molecule has 20 heavy (non-hydrogen) atoms. The van der Waals surface area contributed by atoms with E-state index in [-0.39, 0.29) is 11.3 Å². The van der Waals surface area contributed by atoms with E-state index >= 15 is 0 Å². The minimum Gasteiger partial charge on any atom is -0.293 e. The van der Waals surface area contributed by atoms with Gasteiger partial charge in [-0.15, -0.1) is 11.8 Å². The van der Waals surface area contributed by atoms with Crippen LogP contribution in [0.5, 0.6) is 0 Å². The van der Waals surface area contributed by atoms with Crippen LogP contribution in [0.4, 0.5) is 5.69 Å². The molecule has 3 rings (SSSR count). The minimum absolute atomic E-state index is 0.0315. The summed E-state index contributed by atoms with van der Waals surface area (Å²) in [5.74, 6) is 0.453. The van der Waals surface area contributed by atoms with E-state index in [1.807, 2.05) is 18.2 Å². The topological polar surface area (TPSA) is 33.2 Å². The van der Waals surface area contributed by atoms with Crippen molar-refractivity contribution in [2.75, 3.05) is 10.7 Å². The van der Waals surface area contributed by atoms with Crippen LogP contribution >= 0.6 is 35.0 Å². The van der Waals surface area contributed by atoms with Crippen molar-refractivity contribution >= 4 is 46.6 Å². The number of carbonyl (C=O) groups excluding carboxylic acids is 1. The average Bonchev–Trinajstić information content (AvgIpc) is 2.80. The number of anilines is 1. The smallest absolute Gasteiger partial charge is 0.238 e. The van der Waals surface area contributed by atoms with E-state index in [0.717, 1.165) is 5.69 Å². The van der Waals surface area contributed by atoms with E-state index in [9.17, 15) is 4.79 Å². The summed E-state index contributed by atoms with van der Waals surface area (Å²) in [6, 6.07) is 10.8.